The average Bonchev–Trinajstić information content (AvgIpc) is 3.11. The van der Waals surface area contributed by atoms with Crippen LogP contribution >= 0.6 is 0 Å². The molecule has 2 aliphatic rings. The maximum atomic E-state index is 12.6. The zero-order valence-corrected chi connectivity index (χ0v) is 9.85. The van der Waals surface area contributed by atoms with E-state index in [9.17, 15) is 13.2 Å². The van der Waals surface area contributed by atoms with Crippen molar-refractivity contribution in [2.24, 2.45) is 0 Å². The van der Waals surface area contributed by atoms with Crippen LogP contribution in [0, 0.1) is 0 Å². The number of benzene rings is 1. The summed E-state index contributed by atoms with van der Waals surface area (Å²) in [7, 11) is 0. The van der Waals surface area contributed by atoms with E-state index in [2.05, 4.69) is 10.6 Å². The van der Waals surface area contributed by atoms with E-state index in [0.717, 1.165) is 23.9 Å². The summed E-state index contributed by atoms with van der Waals surface area (Å²) >= 11 is 0. The fourth-order valence-electron chi connectivity index (χ4n) is 2.38. The van der Waals surface area contributed by atoms with Crippen molar-refractivity contribution in [2.75, 3.05) is 11.9 Å². The lowest BCUT2D eigenvalue weighted by atomic mass is 9.97. The summed E-state index contributed by atoms with van der Waals surface area (Å²) < 4.78 is 37.9. The number of hydrogen-bond acceptors (Lipinski definition) is 2. The van der Waals surface area contributed by atoms with E-state index in [1.165, 1.54) is 25.0 Å². The van der Waals surface area contributed by atoms with Gasteiger partial charge in [0.15, 0.2) is 0 Å². The van der Waals surface area contributed by atoms with Gasteiger partial charge in [-0.2, -0.15) is 13.2 Å². The van der Waals surface area contributed by atoms with Crippen molar-refractivity contribution in [3.8, 4) is 0 Å². The van der Waals surface area contributed by atoms with Crippen LogP contribution in [0.1, 0.15) is 24.0 Å². The second-order valence-electron chi connectivity index (χ2n) is 5.09. The molecule has 1 aromatic carbocycles. The van der Waals surface area contributed by atoms with Crippen LogP contribution < -0.4 is 10.6 Å². The fourth-order valence-corrected chi connectivity index (χ4v) is 2.38. The predicted octanol–water partition coefficient (Wildman–Crippen LogP) is 2.79. The molecule has 5 heteroatoms. The van der Waals surface area contributed by atoms with Crippen LogP contribution in [0.2, 0.25) is 0 Å². The van der Waals surface area contributed by atoms with Gasteiger partial charge in [-0.15, -0.1) is 0 Å². The molecule has 1 aliphatic heterocycles. The quantitative estimate of drug-likeness (QED) is 0.850. The molecule has 3 rings (SSSR count). The first-order chi connectivity index (χ1) is 8.52. The first-order valence-electron chi connectivity index (χ1n) is 6.22. The number of alkyl halides is 3. The molecule has 98 valence electrons. The molecule has 0 aromatic heterocycles. The van der Waals surface area contributed by atoms with Crippen molar-refractivity contribution in [3.63, 3.8) is 0 Å². The molecule has 0 saturated heterocycles. The third-order valence-electron chi connectivity index (χ3n) is 3.49. The van der Waals surface area contributed by atoms with Gasteiger partial charge in [0, 0.05) is 24.3 Å². The van der Waals surface area contributed by atoms with E-state index in [-0.39, 0.29) is 6.04 Å². The average molecular weight is 256 g/mol. The Morgan fingerprint density at radius 3 is 2.61 bits per heavy atom. The lowest BCUT2D eigenvalue weighted by Crippen LogP contribution is -2.41. The molecule has 2 nitrogen and oxygen atoms in total. The van der Waals surface area contributed by atoms with Gasteiger partial charge in [0.25, 0.3) is 0 Å². The highest BCUT2D eigenvalue weighted by atomic mass is 19.4. The third-order valence-corrected chi connectivity index (χ3v) is 3.49. The van der Waals surface area contributed by atoms with E-state index >= 15 is 0 Å². The Kier molecular flexibility index (Phi) is 2.73. The number of rotatable bonds is 2. The maximum Gasteiger partial charge on any atom is 0.416 e. The summed E-state index contributed by atoms with van der Waals surface area (Å²) in [6, 6.07) is 4.76. The van der Waals surface area contributed by atoms with Crippen molar-refractivity contribution in [3.05, 3.63) is 29.3 Å². The first-order valence-corrected chi connectivity index (χ1v) is 6.22. The Hall–Kier alpha value is -1.23. The van der Waals surface area contributed by atoms with Crippen molar-refractivity contribution in [1.82, 2.24) is 5.32 Å². The van der Waals surface area contributed by atoms with Crippen LogP contribution in [0.5, 0.6) is 0 Å². The third kappa shape index (κ3) is 2.46. The van der Waals surface area contributed by atoms with Gasteiger partial charge in [-0.25, -0.2) is 0 Å². The molecular formula is C13H15F3N2. The molecule has 1 unspecified atom stereocenters. The standard InChI is InChI=1S/C13H15F3N2/c14-13(15,16)9-1-4-12-8(5-9)6-11(7-17-12)18-10-2-3-10/h1,4-5,10-11,17-18H,2-3,6-7H2. The Bertz CT molecular complexity index is 452. The molecule has 1 heterocycles. The lowest BCUT2D eigenvalue weighted by molar-refractivity contribution is -0.137. The van der Waals surface area contributed by atoms with Crippen LogP contribution in [-0.4, -0.2) is 18.6 Å². The Labute approximate surface area is 104 Å². The number of nitrogens with one attached hydrogen (secondary N) is 2. The topological polar surface area (TPSA) is 24.1 Å². The van der Waals surface area contributed by atoms with Gasteiger partial charge in [0.2, 0.25) is 0 Å². The van der Waals surface area contributed by atoms with Crippen LogP contribution in [0.3, 0.4) is 0 Å². The molecule has 1 fully saturated rings. The maximum absolute atomic E-state index is 12.6. The molecule has 0 amide bonds. The summed E-state index contributed by atoms with van der Waals surface area (Å²) in [5, 5.41) is 6.64. The molecule has 18 heavy (non-hydrogen) atoms. The smallest absolute Gasteiger partial charge is 0.383 e. The Morgan fingerprint density at radius 1 is 1.17 bits per heavy atom. The minimum absolute atomic E-state index is 0.244. The highest BCUT2D eigenvalue weighted by Crippen LogP contribution is 2.33. The molecule has 1 saturated carbocycles. The predicted molar refractivity (Wildman–Crippen MR) is 63.6 cm³/mol. The highest BCUT2D eigenvalue weighted by Gasteiger charge is 2.32. The van der Waals surface area contributed by atoms with Crippen LogP contribution in [0.4, 0.5) is 18.9 Å². The Balaban J connectivity index is 1.79. The van der Waals surface area contributed by atoms with E-state index in [0.29, 0.717) is 12.5 Å². The second-order valence-corrected chi connectivity index (χ2v) is 5.09. The van der Waals surface area contributed by atoms with Crippen molar-refractivity contribution in [2.45, 2.75) is 37.5 Å². The van der Waals surface area contributed by atoms with Crippen LogP contribution in [0.25, 0.3) is 0 Å². The van der Waals surface area contributed by atoms with Gasteiger partial charge < -0.3 is 10.6 Å². The number of fused-ring (bicyclic) bond motifs is 1. The molecule has 2 N–H and O–H groups in total. The molecule has 1 atom stereocenters. The van der Waals surface area contributed by atoms with E-state index in [1.807, 2.05) is 0 Å². The van der Waals surface area contributed by atoms with Crippen LogP contribution in [0.15, 0.2) is 18.2 Å². The summed E-state index contributed by atoms with van der Waals surface area (Å²) in [5.41, 5.74) is 1.03. The van der Waals surface area contributed by atoms with Crippen molar-refractivity contribution < 1.29 is 13.2 Å². The van der Waals surface area contributed by atoms with E-state index in [1.54, 1.807) is 0 Å². The van der Waals surface area contributed by atoms with Gasteiger partial charge in [-0.1, -0.05) is 0 Å². The van der Waals surface area contributed by atoms with Gasteiger partial charge in [0.05, 0.1) is 5.56 Å². The zero-order chi connectivity index (χ0) is 12.8. The van der Waals surface area contributed by atoms with E-state index in [4.69, 9.17) is 0 Å². The fraction of sp³-hybridized carbons (Fsp3) is 0.538. The van der Waals surface area contributed by atoms with Gasteiger partial charge in [0.1, 0.15) is 0 Å². The van der Waals surface area contributed by atoms with Gasteiger partial charge in [-0.3, -0.25) is 0 Å². The number of halogens is 3. The molecule has 0 spiro atoms. The number of anilines is 1. The molecular weight excluding hydrogens is 241 g/mol. The SMILES string of the molecule is FC(F)(F)c1ccc2c(c1)CC(NC1CC1)CN2. The van der Waals surface area contributed by atoms with E-state index < -0.39 is 11.7 Å². The second kappa shape index (κ2) is 4.16. The molecule has 0 radical (unpaired) electrons. The zero-order valence-electron chi connectivity index (χ0n) is 9.85. The van der Waals surface area contributed by atoms with Crippen molar-refractivity contribution in [1.29, 1.82) is 0 Å². The molecule has 0 bridgehead atoms. The lowest BCUT2D eigenvalue weighted by Gasteiger charge is -2.27. The largest absolute Gasteiger partial charge is 0.416 e. The summed E-state index contributed by atoms with van der Waals surface area (Å²) in [4.78, 5) is 0. The highest BCUT2D eigenvalue weighted by molar-refractivity contribution is 5.55. The minimum atomic E-state index is -4.26. The Morgan fingerprint density at radius 2 is 1.94 bits per heavy atom. The minimum Gasteiger partial charge on any atom is -0.383 e. The molecule has 1 aliphatic carbocycles. The van der Waals surface area contributed by atoms with Crippen molar-refractivity contribution >= 4 is 5.69 Å². The van der Waals surface area contributed by atoms with Crippen LogP contribution in [-0.2, 0) is 12.6 Å². The molecule has 1 aromatic rings. The summed E-state index contributed by atoms with van der Waals surface area (Å²) in [6.45, 7) is 0.787. The first kappa shape index (κ1) is 11.8. The van der Waals surface area contributed by atoms with Gasteiger partial charge in [-0.05, 0) is 43.0 Å². The monoisotopic (exact) mass is 256 g/mol. The number of hydrogen-bond donors (Lipinski definition) is 2. The normalized spacial score (nSPS) is 23.4. The summed E-state index contributed by atoms with van der Waals surface area (Å²) in [5.74, 6) is 0. The summed E-state index contributed by atoms with van der Waals surface area (Å²) in [6.07, 6.45) is -1.22. The van der Waals surface area contributed by atoms with Gasteiger partial charge >= 0.3 is 6.18 Å².